The fraction of sp³-hybridized carbons (Fsp3) is 0.273. The predicted molar refractivity (Wildman–Crippen MR) is 108 cm³/mol. The summed E-state index contributed by atoms with van der Waals surface area (Å²) in [6, 6.07) is 8.53. The summed E-state index contributed by atoms with van der Waals surface area (Å²) in [4.78, 5) is 26.9. The molecule has 0 unspecified atom stereocenters. The van der Waals surface area contributed by atoms with Crippen LogP contribution < -0.4 is 18.9 Å². The number of benzene rings is 2. The normalized spacial score (nSPS) is 12.8. The lowest BCUT2D eigenvalue weighted by Gasteiger charge is -2.17. The van der Waals surface area contributed by atoms with Crippen molar-refractivity contribution in [3.63, 3.8) is 0 Å². The second-order valence-corrected chi connectivity index (χ2v) is 6.41. The van der Waals surface area contributed by atoms with E-state index < -0.39 is 0 Å². The van der Waals surface area contributed by atoms with Crippen LogP contribution >= 0.6 is 0 Å². The Morgan fingerprint density at radius 2 is 1.52 bits per heavy atom. The van der Waals surface area contributed by atoms with E-state index in [1.807, 2.05) is 6.07 Å². The Hall–Kier alpha value is -3.48. The maximum absolute atomic E-state index is 12.7. The summed E-state index contributed by atoms with van der Waals surface area (Å²) in [5, 5.41) is 0. The molecule has 2 aromatic rings. The summed E-state index contributed by atoms with van der Waals surface area (Å²) in [5.74, 6) is 1.75. The lowest BCUT2D eigenvalue weighted by Crippen LogP contribution is -2.31. The number of amides is 1. The summed E-state index contributed by atoms with van der Waals surface area (Å²) in [7, 11) is 6.14. The third-order valence-corrected chi connectivity index (χ3v) is 4.76. The van der Waals surface area contributed by atoms with Crippen LogP contribution in [0.25, 0.3) is 6.08 Å². The number of hydrogen-bond acceptors (Lipinski definition) is 6. The van der Waals surface area contributed by atoms with E-state index in [-0.39, 0.29) is 24.7 Å². The van der Waals surface area contributed by atoms with Gasteiger partial charge in [0.2, 0.25) is 5.91 Å². The number of rotatable bonds is 7. The first-order valence-electron chi connectivity index (χ1n) is 8.98. The van der Waals surface area contributed by atoms with E-state index in [1.54, 1.807) is 50.8 Å². The molecule has 29 heavy (non-hydrogen) atoms. The van der Waals surface area contributed by atoms with Crippen molar-refractivity contribution in [2.75, 3.05) is 35.0 Å². The van der Waals surface area contributed by atoms with Gasteiger partial charge in [0.25, 0.3) is 0 Å². The van der Waals surface area contributed by atoms with E-state index in [1.165, 1.54) is 19.1 Å². The molecule has 0 fully saturated rings. The van der Waals surface area contributed by atoms with Crippen molar-refractivity contribution in [3.05, 3.63) is 53.2 Å². The quantitative estimate of drug-likeness (QED) is 0.669. The average molecular weight is 397 g/mol. The van der Waals surface area contributed by atoms with Crippen LogP contribution in [0.2, 0.25) is 0 Å². The Morgan fingerprint density at radius 3 is 2.17 bits per heavy atom. The molecule has 0 atom stereocenters. The molecular formula is C22H23NO6. The number of methoxy groups -OCH3 is 4. The predicted octanol–water partition coefficient (Wildman–Crippen LogP) is 2.96. The highest BCUT2D eigenvalue weighted by atomic mass is 16.5. The molecule has 0 saturated carbocycles. The number of carbonyl (C=O) groups is 2. The van der Waals surface area contributed by atoms with E-state index in [2.05, 4.69) is 0 Å². The van der Waals surface area contributed by atoms with Gasteiger partial charge in [-0.1, -0.05) is 0 Å². The fourth-order valence-corrected chi connectivity index (χ4v) is 3.16. The van der Waals surface area contributed by atoms with E-state index in [0.717, 1.165) is 11.1 Å². The molecule has 7 heteroatoms. The molecule has 1 heterocycles. The van der Waals surface area contributed by atoms with Gasteiger partial charge in [0.1, 0.15) is 0 Å². The summed E-state index contributed by atoms with van der Waals surface area (Å²) < 4.78 is 21.1. The first-order valence-corrected chi connectivity index (χ1v) is 8.98. The van der Waals surface area contributed by atoms with Crippen molar-refractivity contribution in [1.82, 2.24) is 4.90 Å². The van der Waals surface area contributed by atoms with E-state index in [0.29, 0.717) is 28.6 Å². The monoisotopic (exact) mass is 397 g/mol. The van der Waals surface area contributed by atoms with Gasteiger partial charge in [0.05, 0.1) is 41.4 Å². The maximum Gasteiger partial charge on any atom is 0.231 e. The van der Waals surface area contributed by atoms with Gasteiger partial charge in [-0.15, -0.1) is 0 Å². The first-order chi connectivity index (χ1) is 14.0. The zero-order valence-corrected chi connectivity index (χ0v) is 16.9. The fourth-order valence-electron chi connectivity index (χ4n) is 3.16. The lowest BCUT2D eigenvalue weighted by atomic mass is 10.0. The Kier molecular flexibility index (Phi) is 6.07. The zero-order chi connectivity index (χ0) is 21.0. The highest BCUT2D eigenvalue weighted by Gasteiger charge is 2.22. The second-order valence-electron chi connectivity index (χ2n) is 6.41. The lowest BCUT2D eigenvalue weighted by molar-refractivity contribution is -0.127. The number of hydrogen-bond donors (Lipinski definition) is 0. The molecule has 0 aromatic heterocycles. The van der Waals surface area contributed by atoms with E-state index in [9.17, 15) is 9.59 Å². The number of Topliss-reactive ketones (excluding diaryl/α,β-unsaturated/α-hetero) is 1. The molecule has 0 bridgehead atoms. The minimum absolute atomic E-state index is 0.0763. The number of carbonyl (C=O) groups excluding carboxylic acids is 2. The molecule has 152 valence electrons. The van der Waals surface area contributed by atoms with Crippen LogP contribution in [-0.2, 0) is 11.2 Å². The highest BCUT2D eigenvalue weighted by Crippen LogP contribution is 2.33. The Bertz CT molecular complexity index is 966. The van der Waals surface area contributed by atoms with Gasteiger partial charge in [0.15, 0.2) is 28.8 Å². The van der Waals surface area contributed by atoms with Crippen molar-refractivity contribution in [1.29, 1.82) is 0 Å². The van der Waals surface area contributed by atoms with E-state index in [4.69, 9.17) is 18.9 Å². The van der Waals surface area contributed by atoms with Crippen LogP contribution in [-0.4, -0.2) is 51.6 Å². The molecule has 0 radical (unpaired) electrons. The SMILES string of the molecule is COc1ccc(C(=O)CN2C=Cc3cc(OC)c(OC)cc3CC2=O)cc1OC. The summed E-state index contributed by atoms with van der Waals surface area (Å²) in [6.07, 6.45) is 3.57. The first kappa shape index (κ1) is 20.3. The smallest absolute Gasteiger partial charge is 0.231 e. The van der Waals surface area contributed by atoms with Gasteiger partial charge in [0, 0.05) is 11.8 Å². The summed E-state index contributed by atoms with van der Waals surface area (Å²) in [6.45, 7) is -0.0763. The molecule has 3 rings (SSSR count). The molecule has 0 N–H and O–H groups in total. The third-order valence-electron chi connectivity index (χ3n) is 4.76. The molecule has 0 saturated heterocycles. The standard InChI is InChI=1S/C22H23NO6/c1-26-18-6-5-15(10-19(18)27-2)17(24)13-23-8-7-14-9-20(28-3)21(29-4)11-16(14)12-22(23)25/h5-11H,12-13H2,1-4H3. The number of ether oxygens (including phenoxy) is 4. The van der Waals surface area contributed by atoms with Gasteiger partial charge in [-0.25, -0.2) is 0 Å². The Balaban J connectivity index is 1.82. The van der Waals surface area contributed by atoms with Crippen molar-refractivity contribution in [2.45, 2.75) is 6.42 Å². The molecule has 0 spiro atoms. The van der Waals surface area contributed by atoms with Crippen molar-refractivity contribution >= 4 is 17.8 Å². The number of ketones is 1. The van der Waals surface area contributed by atoms with Gasteiger partial charge in [-0.05, 0) is 47.5 Å². The van der Waals surface area contributed by atoms with Gasteiger partial charge < -0.3 is 23.8 Å². The molecule has 2 aromatic carbocycles. The molecule has 1 aliphatic heterocycles. The molecule has 1 aliphatic rings. The topological polar surface area (TPSA) is 74.3 Å². The molecule has 7 nitrogen and oxygen atoms in total. The average Bonchev–Trinajstić information content (AvgIpc) is 2.90. The van der Waals surface area contributed by atoms with Crippen molar-refractivity contribution in [3.8, 4) is 23.0 Å². The van der Waals surface area contributed by atoms with Crippen LogP contribution in [0.5, 0.6) is 23.0 Å². The molecule has 0 aliphatic carbocycles. The minimum atomic E-state index is -0.204. The number of nitrogens with zero attached hydrogens (tertiary/aromatic N) is 1. The van der Waals surface area contributed by atoms with Gasteiger partial charge in [-0.3, -0.25) is 9.59 Å². The van der Waals surface area contributed by atoms with Crippen molar-refractivity contribution < 1.29 is 28.5 Å². The summed E-state index contributed by atoms with van der Waals surface area (Å²) in [5.41, 5.74) is 2.09. The zero-order valence-electron chi connectivity index (χ0n) is 16.9. The van der Waals surface area contributed by atoms with Crippen LogP contribution in [0.3, 0.4) is 0 Å². The van der Waals surface area contributed by atoms with Gasteiger partial charge in [-0.2, -0.15) is 0 Å². The van der Waals surface area contributed by atoms with Crippen molar-refractivity contribution in [2.24, 2.45) is 0 Å². The van der Waals surface area contributed by atoms with Crippen LogP contribution in [0.1, 0.15) is 21.5 Å². The Labute approximate surface area is 169 Å². The minimum Gasteiger partial charge on any atom is -0.493 e. The second kappa shape index (κ2) is 8.68. The molecular weight excluding hydrogens is 374 g/mol. The summed E-state index contributed by atoms with van der Waals surface area (Å²) >= 11 is 0. The Morgan fingerprint density at radius 1 is 0.897 bits per heavy atom. The maximum atomic E-state index is 12.7. The number of fused-ring (bicyclic) bond motifs is 1. The molecule has 1 amide bonds. The van der Waals surface area contributed by atoms with Crippen LogP contribution in [0.15, 0.2) is 36.5 Å². The van der Waals surface area contributed by atoms with E-state index >= 15 is 0 Å². The van der Waals surface area contributed by atoms with Crippen LogP contribution in [0.4, 0.5) is 0 Å². The highest BCUT2D eigenvalue weighted by molar-refractivity contribution is 6.00. The largest absolute Gasteiger partial charge is 0.493 e. The van der Waals surface area contributed by atoms with Crippen LogP contribution in [0, 0.1) is 0 Å². The third kappa shape index (κ3) is 4.18. The van der Waals surface area contributed by atoms with Gasteiger partial charge >= 0.3 is 0 Å².